The van der Waals surface area contributed by atoms with Crippen molar-refractivity contribution in [2.45, 2.75) is 38.6 Å². The number of rotatable bonds is 7. The zero-order valence-electron chi connectivity index (χ0n) is 16.1. The number of amides is 1. The highest BCUT2D eigenvalue weighted by Crippen LogP contribution is 2.49. The van der Waals surface area contributed by atoms with E-state index >= 15 is 0 Å². The molecule has 2 aliphatic rings. The van der Waals surface area contributed by atoms with Gasteiger partial charge in [-0.3, -0.25) is 4.79 Å². The summed E-state index contributed by atoms with van der Waals surface area (Å²) in [6.07, 6.45) is 8.67. The lowest BCUT2D eigenvalue weighted by atomic mass is 9.84. The van der Waals surface area contributed by atoms with Crippen LogP contribution in [-0.4, -0.2) is 33.3 Å². The smallest absolute Gasteiger partial charge is 0.244 e. The molecule has 3 rings (SSSR count). The second-order valence-electron chi connectivity index (χ2n) is 7.43. The van der Waals surface area contributed by atoms with Crippen LogP contribution in [0.15, 0.2) is 18.2 Å². The predicted molar refractivity (Wildman–Crippen MR) is 102 cm³/mol. The monoisotopic (exact) mass is 359 g/mol. The van der Waals surface area contributed by atoms with Gasteiger partial charge in [0.2, 0.25) is 11.7 Å². The van der Waals surface area contributed by atoms with E-state index in [1.165, 1.54) is 25.7 Å². The van der Waals surface area contributed by atoms with E-state index in [1.54, 1.807) is 33.5 Å². The second kappa shape index (κ2) is 8.02. The van der Waals surface area contributed by atoms with Crippen LogP contribution in [0.4, 0.5) is 0 Å². The van der Waals surface area contributed by atoms with Crippen LogP contribution < -0.4 is 19.5 Å². The fourth-order valence-corrected chi connectivity index (χ4v) is 4.66. The third-order valence-electron chi connectivity index (χ3n) is 5.92. The van der Waals surface area contributed by atoms with Crippen molar-refractivity contribution in [2.24, 2.45) is 17.8 Å². The van der Waals surface area contributed by atoms with Crippen LogP contribution in [0.1, 0.15) is 38.2 Å². The molecule has 0 saturated heterocycles. The van der Waals surface area contributed by atoms with Crippen molar-refractivity contribution in [3.05, 3.63) is 23.8 Å². The van der Waals surface area contributed by atoms with Gasteiger partial charge in [-0.05, 0) is 67.7 Å². The highest BCUT2D eigenvalue weighted by molar-refractivity contribution is 5.92. The Morgan fingerprint density at radius 1 is 1.12 bits per heavy atom. The van der Waals surface area contributed by atoms with Crippen molar-refractivity contribution in [1.29, 1.82) is 0 Å². The summed E-state index contributed by atoms with van der Waals surface area (Å²) in [6.45, 7) is 2.14. The molecule has 5 heteroatoms. The minimum Gasteiger partial charge on any atom is -0.493 e. The molecule has 1 aromatic carbocycles. The molecule has 5 nitrogen and oxygen atoms in total. The largest absolute Gasteiger partial charge is 0.493 e. The maximum Gasteiger partial charge on any atom is 0.244 e. The Morgan fingerprint density at radius 2 is 1.81 bits per heavy atom. The van der Waals surface area contributed by atoms with Gasteiger partial charge >= 0.3 is 0 Å². The number of fused-ring (bicyclic) bond motifs is 2. The Bertz CT molecular complexity index is 660. The van der Waals surface area contributed by atoms with E-state index in [0.29, 0.717) is 23.2 Å². The summed E-state index contributed by atoms with van der Waals surface area (Å²) in [5, 5.41) is 3.14. The van der Waals surface area contributed by atoms with Gasteiger partial charge in [0.15, 0.2) is 11.5 Å². The number of carbonyl (C=O) groups excluding carboxylic acids is 1. The van der Waals surface area contributed by atoms with Crippen molar-refractivity contribution in [3.8, 4) is 17.2 Å². The fourth-order valence-electron chi connectivity index (χ4n) is 4.66. The first kappa shape index (κ1) is 18.6. The minimum atomic E-state index is -0.0611. The van der Waals surface area contributed by atoms with E-state index in [0.717, 1.165) is 17.4 Å². The number of carbonyl (C=O) groups is 1. The Kier molecular flexibility index (Phi) is 5.74. The first-order valence-corrected chi connectivity index (χ1v) is 9.34. The lowest BCUT2D eigenvalue weighted by Crippen LogP contribution is -2.39. The van der Waals surface area contributed by atoms with Crippen LogP contribution >= 0.6 is 0 Å². The van der Waals surface area contributed by atoms with E-state index in [9.17, 15) is 4.79 Å². The van der Waals surface area contributed by atoms with Crippen LogP contribution in [-0.2, 0) is 4.79 Å². The first-order valence-electron chi connectivity index (χ1n) is 9.34. The predicted octanol–water partition coefficient (Wildman–Crippen LogP) is 3.67. The van der Waals surface area contributed by atoms with Gasteiger partial charge in [-0.2, -0.15) is 0 Å². The topological polar surface area (TPSA) is 56.8 Å². The van der Waals surface area contributed by atoms with Gasteiger partial charge in [-0.1, -0.05) is 6.42 Å². The standard InChI is InChI=1S/C21H29NO4/c1-13(17-10-14-5-7-16(17)9-14)22-20(23)8-6-15-11-18(24-2)21(26-4)19(12-15)25-3/h6,8,11-14,16-17H,5,7,9-10H2,1-4H3,(H,22,23)/b8-6+/t13-,14+,16+,17+/m1/s1. The molecule has 1 amide bonds. The molecule has 0 heterocycles. The van der Waals surface area contributed by atoms with Crippen LogP contribution in [0.3, 0.4) is 0 Å². The maximum atomic E-state index is 12.3. The zero-order chi connectivity index (χ0) is 18.7. The van der Waals surface area contributed by atoms with Crippen molar-refractivity contribution < 1.29 is 19.0 Å². The van der Waals surface area contributed by atoms with E-state index in [-0.39, 0.29) is 11.9 Å². The first-order chi connectivity index (χ1) is 12.5. The van der Waals surface area contributed by atoms with Crippen molar-refractivity contribution in [3.63, 3.8) is 0 Å². The minimum absolute atomic E-state index is 0.0611. The third-order valence-corrected chi connectivity index (χ3v) is 5.92. The number of methoxy groups -OCH3 is 3. The van der Waals surface area contributed by atoms with Crippen LogP contribution in [0, 0.1) is 17.8 Å². The molecule has 142 valence electrons. The lowest BCUT2D eigenvalue weighted by molar-refractivity contribution is -0.117. The van der Waals surface area contributed by atoms with Gasteiger partial charge in [0.25, 0.3) is 0 Å². The van der Waals surface area contributed by atoms with E-state index in [1.807, 2.05) is 12.1 Å². The SMILES string of the molecule is COc1cc(/C=C/C(=O)N[C@H](C)[C@@H]2C[C@H]3CC[C@H]2C3)cc(OC)c1OC. The maximum absolute atomic E-state index is 12.3. The molecule has 2 aliphatic carbocycles. The van der Waals surface area contributed by atoms with E-state index in [4.69, 9.17) is 14.2 Å². The molecular weight excluding hydrogens is 330 g/mol. The van der Waals surface area contributed by atoms with Gasteiger partial charge < -0.3 is 19.5 Å². The fraction of sp³-hybridized carbons (Fsp3) is 0.571. The summed E-state index contributed by atoms with van der Waals surface area (Å²) >= 11 is 0. The summed E-state index contributed by atoms with van der Waals surface area (Å²) in [5.74, 6) is 3.95. The Morgan fingerprint density at radius 3 is 2.31 bits per heavy atom. The van der Waals surface area contributed by atoms with Crippen molar-refractivity contribution in [1.82, 2.24) is 5.32 Å². The summed E-state index contributed by atoms with van der Waals surface area (Å²) < 4.78 is 16.0. The second-order valence-corrected chi connectivity index (χ2v) is 7.43. The van der Waals surface area contributed by atoms with Crippen LogP contribution in [0.2, 0.25) is 0 Å². The highest BCUT2D eigenvalue weighted by atomic mass is 16.5. The molecule has 0 radical (unpaired) electrons. The summed E-state index contributed by atoms with van der Waals surface area (Å²) in [6, 6.07) is 3.87. The Hall–Kier alpha value is -2.17. The Balaban J connectivity index is 1.64. The molecule has 0 aliphatic heterocycles. The number of hydrogen-bond acceptors (Lipinski definition) is 4. The molecule has 0 spiro atoms. The van der Waals surface area contributed by atoms with Crippen molar-refractivity contribution >= 4 is 12.0 Å². The van der Waals surface area contributed by atoms with Crippen molar-refractivity contribution in [2.75, 3.05) is 21.3 Å². The quantitative estimate of drug-likeness (QED) is 0.755. The molecule has 0 unspecified atom stereocenters. The van der Waals surface area contributed by atoms with Gasteiger partial charge in [0.1, 0.15) is 0 Å². The molecule has 26 heavy (non-hydrogen) atoms. The van der Waals surface area contributed by atoms with Gasteiger partial charge in [-0.25, -0.2) is 0 Å². The van der Waals surface area contributed by atoms with Gasteiger partial charge in [0.05, 0.1) is 21.3 Å². The molecular formula is C21H29NO4. The average Bonchev–Trinajstić information content (AvgIpc) is 3.28. The number of benzene rings is 1. The molecule has 1 aromatic rings. The number of nitrogens with one attached hydrogen (secondary N) is 1. The zero-order valence-corrected chi connectivity index (χ0v) is 16.1. The van der Waals surface area contributed by atoms with E-state index < -0.39 is 0 Å². The van der Waals surface area contributed by atoms with Gasteiger partial charge in [0, 0.05) is 12.1 Å². The number of hydrogen-bond donors (Lipinski definition) is 1. The van der Waals surface area contributed by atoms with Gasteiger partial charge in [-0.15, -0.1) is 0 Å². The molecule has 0 aromatic heterocycles. The number of ether oxygens (including phenoxy) is 3. The van der Waals surface area contributed by atoms with Crippen LogP contribution in [0.5, 0.6) is 17.2 Å². The summed E-state index contributed by atoms with van der Waals surface area (Å²) in [7, 11) is 4.73. The molecule has 2 fully saturated rings. The van der Waals surface area contributed by atoms with Crippen LogP contribution in [0.25, 0.3) is 6.08 Å². The highest BCUT2D eigenvalue weighted by Gasteiger charge is 2.41. The average molecular weight is 359 g/mol. The summed E-state index contributed by atoms with van der Waals surface area (Å²) in [5.41, 5.74) is 0.822. The molecule has 1 N–H and O–H groups in total. The lowest BCUT2D eigenvalue weighted by Gasteiger charge is -2.28. The molecule has 2 saturated carbocycles. The Labute approximate surface area is 155 Å². The third kappa shape index (κ3) is 3.81. The molecule has 4 atom stereocenters. The normalized spacial score (nSPS) is 25.3. The summed E-state index contributed by atoms with van der Waals surface area (Å²) in [4.78, 5) is 12.3. The van der Waals surface area contributed by atoms with E-state index in [2.05, 4.69) is 12.2 Å². The molecule has 2 bridgehead atoms.